The van der Waals surface area contributed by atoms with Gasteiger partial charge in [-0.15, -0.1) is 0 Å². The average Bonchev–Trinajstić information content (AvgIpc) is 2.71. The van der Waals surface area contributed by atoms with Crippen molar-refractivity contribution < 1.29 is 0 Å². The lowest BCUT2D eigenvalue weighted by atomic mass is 10.2. The van der Waals surface area contributed by atoms with Crippen LogP contribution >= 0.6 is 11.8 Å². The third-order valence-corrected chi connectivity index (χ3v) is 3.83. The number of hydrogen-bond acceptors (Lipinski definition) is 3. The minimum Gasteiger partial charge on any atom is -0.359 e. The maximum Gasteiger partial charge on any atom is 0.157 e. The van der Waals surface area contributed by atoms with Crippen LogP contribution in [0.3, 0.4) is 0 Å². The zero-order valence-corrected chi connectivity index (χ0v) is 8.58. The summed E-state index contributed by atoms with van der Waals surface area (Å²) in [6, 6.07) is 0.519. The number of amidine groups is 1. The fourth-order valence-electron chi connectivity index (χ4n) is 1.49. The van der Waals surface area contributed by atoms with Crippen molar-refractivity contribution in [1.82, 2.24) is 5.32 Å². The largest absolute Gasteiger partial charge is 0.359 e. The monoisotopic (exact) mass is 184 g/mol. The van der Waals surface area contributed by atoms with Gasteiger partial charge in [0.2, 0.25) is 0 Å². The van der Waals surface area contributed by atoms with Crippen LogP contribution in [0.4, 0.5) is 0 Å². The first-order chi connectivity index (χ1) is 5.74. The topological polar surface area (TPSA) is 24.4 Å². The van der Waals surface area contributed by atoms with E-state index < -0.39 is 0 Å². The summed E-state index contributed by atoms with van der Waals surface area (Å²) in [6.07, 6.45) is 3.90. The van der Waals surface area contributed by atoms with Gasteiger partial charge in [0.05, 0.1) is 6.04 Å². The van der Waals surface area contributed by atoms with Gasteiger partial charge in [-0.1, -0.05) is 18.7 Å². The zero-order chi connectivity index (χ0) is 8.60. The predicted octanol–water partition coefficient (Wildman–Crippen LogP) is 2.01. The number of rotatable bonds is 2. The Hall–Kier alpha value is -0.180. The smallest absolute Gasteiger partial charge is 0.157 e. The molecule has 3 heteroatoms. The molecule has 1 aliphatic carbocycles. The van der Waals surface area contributed by atoms with Crippen molar-refractivity contribution in [2.75, 3.05) is 5.75 Å². The van der Waals surface area contributed by atoms with E-state index in [-0.39, 0.29) is 0 Å². The maximum atomic E-state index is 4.53. The standard InChI is InChI=1S/C9H16N2S/c1-3-9(4-5-9)11-8-10-7(2)6-12-8/h7H,3-6H2,1-2H3,(H,10,11). The van der Waals surface area contributed by atoms with Crippen LogP contribution in [0.2, 0.25) is 0 Å². The molecule has 0 amide bonds. The SMILES string of the molecule is CCC1(NC2=NC(C)CS2)CC1. The van der Waals surface area contributed by atoms with Crippen molar-refractivity contribution in [2.24, 2.45) is 4.99 Å². The van der Waals surface area contributed by atoms with Gasteiger partial charge in [-0.2, -0.15) is 0 Å². The van der Waals surface area contributed by atoms with E-state index in [2.05, 4.69) is 24.2 Å². The number of nitrogens with zero attached hydrogens (tertiary/aromatic N) is 1. The summed E-state index contributed by atoms with van der Waals surface area (Å²) in [5, 5.41) is 4.74. The third-order valence-electron chi connectivity index (χ3n) is 2.70. The Balaban J connectivity index is 1.91. The van der Waals surface area contributed by atoms with E-state index in [0.717, 1.165) is 5.75 Å². The van der Waals surface area contributed by atoms with Gasteiger partial charge < -0.3 is 5.32 Å². The second-order valence-corrected chi connectivity index (χ2v) is 4.86. The average molecular weight is 184 g/mol. The molecule has 0 aromatic rings. The molecule has 0 bridgehead atoms. The summed E-state index contributed by atoms with van der Waals surface area (Å²) in [5.41, 5.74) is 0.440. The molecule has 68 valence electrons. The summed E-state index contributed by atoms with van der Waals surface area (Å²) in [7, 11) is 0. The van der Waals surface area contributed by atoms with Crippen molar-refractivity contribution in [2.45, 2.75) is 44.7 Å². The first kappa shape index (κ1) is 8.42. The van der Waals surface area contributed by atoms with Crippen LogP contribution in [0.25, 0.3) is 0 Å². The lowest BCUT2D eigenvalue weighted by Crippen LogP contribution is -2.33. The van der Waals surface area contributed by atoms with Gasteiger partial charge in [0.25, 0.3) is 0 Å². The molecule has 2 rings (SSSR count). The number of aliphatic imine (C=N–C) groups is 1. The minimum absolute atomic E-state index is 0.440. The minimum atomic E-state index is 0.440. The highest BCUT2D eigenvalue weighted by molar-refractivity contribution is 8.14. The summed E-state index contributed by atoms with van der Waals surface area (Å²) < 4.78 is 0. The normalized spacial score (nSPS) is 31.5. The van der Waals surface area contributed by atoms with Crippen LogP contribution in [-0.2, 0) is 0 Å². The van der Waals surface area contributed by atoms with Crippen LogP contribution in [0.5, 0.6) is 0 Å². The Morgan fingerprint density at radius 3 is 2.83 bits per heavy atom. The molecule has 0 saturated heterocycles. The van der Waals surface area contributed by atoms with Crippen LogP contribution in [0.1, 0.15) is 33.1 Å². The molecule has 1 aliphatic heterocycles. The molecule has 2 nitrogen and oxygen atoms in total. The molecule has 12 heavy (non-hydrogen) atoms. The Labute approximate surface area is 78.2 Å². The molecule has 1 heterocycles. The van der Waals surface area contributed by atoms with Crippen molar-refractivity contribution in [1.29, 1.82) is 0 Å². The Morgan fingerprint density at radius 2 is 2.42 bits per heavy atom. The van der Waals surface area contributed by atoms with Gasteiger partial charge >= 0.3 is 0 Å². The second-order valence-electron chi connectivity index (χ2n) is 3.85. The first-order valence-corrected chi connectivity index (χ1v) is 5.71. The number of nitrogens with one attached hydrogen (secondary N) is 1. The summed E-state index contributed by atoms with van der Waals surface area (Å²) in [6.45, 7) is 4.43. The maximum absolute atomic E-state index is 4.53. The van der Waals surface area contributed by atoms with E-state index in [4.69, 9.17) is 0 Å². The molecular formula is C9H16N2S. The lowest BCUT2D eigenvalue weighted by Gasteiger charge is -2.15. The van der Waals surface area contributed by atoms with E-state index in [0.29, 0.717) is 11.6 Å². The number of thioether (sulfide) groups is 1. The molecule has 1 fully saturated rings. The first-order valence-electron chi connectivity index (χ1n) is 4.73. The Morgan fingerprint density at radius 1 is 1.67 bits per heavy atom. The molecule has 2 aliphatic rings. The van der Waals surface area contributed by atoms with Gasteiger partial charge in [-0.05, 0) is 26.2 Å². The molecule has 1 atom stereocenters. The highest BCUT2D eigenvalue weighted by atomic mass is 32.2. The third kappa shape index (κ3) is 1.60. The van der Waals surface area contributed by atoms with Gasteiger partial charge in [0, 0.05) is 11.3 Å². The molecule has 0 spiro atoms. The molecule has 0 aromatic carbocycles. The Bertz CT molecular complexity index is 209. The molecule has 1 N–H and O–H groups in total. The van der Waals surface area contributed by atoms with E-state index >= 15 is 0 Å². The molecule has 0 aromatic heterocycles. The summed E-state index contributed by atoms with van der Waals surface area (Å²) in [5.74, 6) is 1.15. The van der Waals surface area contributed by atoms with Crippen molar-refractivity contribution >= 4 is 16.9 Å². The fourth-order valence-corrected chi connectivity index (χ4v) is 2.50. The second kappa shape index (κ2) is 2.95. The van der Waals surface area contributed by atoms with Crippen molar-refractivity contribution in [3.63, 3.8) is 0 Å². The number of hydrogen-bond donors (Lipinski definition) is 1. The van der Waals surface area contributed by atoms with Gasteiger partial charge in [0.1, 0.15) is 0 Å². The van der Waals surface area contributed by atoms with Gasteiger partial charge in [-0.3, -0.25) is 4.99 Å². The predicted molar refractivity (Wildman–Crippen MR) is 54.7 cm³/mol. The van der Waals surface area contributed by atoms with E-state index in [9.17, 15) is 0 Å². The van der Waals surface area contributed by atoms with E-state index in [1.54, 1.807) is 0 Å². The van der Waals surface area contributed by atoms with Crippen LogP contribution in [-0.4, -0.2) is 22.5 Å². The summed E-state index contributed by atoms with van der Waals surface area (Å²) in [4.78, 5) is 4.53. The van der Waals surface area contributed by atoms with Crippen molar-refractivity contribution in [3.05, 3.63) is 0 Å². The van der Waals surface area contributed by atoms with Gasteiger partial charge in [-0.25, -0.2) is 0 Å². The van der Waals surface area contributed by atoms with Crippen LogP contribution in [0, 0.1) is 0 Å². The lowest BCUT2D eigenvalue weighted by molar-refractivity contribution is 0.583. The van der Waals surface area contributed by atoms with E-state index in [1.165, 1.54) is 24.4 Å². The van der Waals surface area contributed by atoms with Crippen LogP contribution < -0.4 is 5.32 Å². The van der Waals surface area contributed by atoms with Gasteiger partial charge in [0.15, 0.2) is 5.17 Å². The fraction of sp³-hybridized carbons (Fsp3) is 0.889. The molecule has 0 radical (unpaired) electrons. The highest BCUT2D eigenvalue weighted by Gasteiger charge is 2.41. The van der Waals surface area contributed by atoms with Crippen molar-refractivity contribution in [3.8, 4) is 0 Å². The zero-order valence-electron chi connectivity index (χ0n) is 7.76. The van der Waals surface area contributed by atoms with E-state index in [1.807, 2.05) is 11.8 Å². The quantitative estimate of drug-likeness (QED) is 0.710. The highest BCUT2D eigenvalue weighted by Crippen LogP contribution is 2.39. The molecule has 1 unspecified atom stereocenters. The molecule has 1 saturated carbocycles. The molecular weight excluding hydrogens is 168 g/mol. The summed E-state index contributed by atoms with van der Waals surface area (Å²) >= 11 is 1.87. The Kier molecular flexibility index (Phi) is 2.07. The van der Waals surface area contributed by atoms with Crippen LogP contribution in [0.15, 0.2) is 4.99 Å².